The van der Waals surface area contributed by atoms with Crippen LogP contribution >= 0.6 is 0 Å². The van der Waals surface area contributed by atoms with Gasteiger partial charge in [0, 0.05) is 50.7 Å². The number of sulfonamides is 1. The van der Waals surface area contributed by atoms with E-state index >= 15 is 0 Å². The third kappa shape index (κ3) is 7.57. The number of hydrogen-bond acceptors (Lipinski definition) is 9. The minimum atomic E-state index is -3.95. The second-order valence-corrected chi connectivity index (χ2v) is 12.2. The highest BCUT2D eigenvalue weighted by Crippen LogP contribution is 2.34. The van der Waals surface area contributed by atoms with E-state index < -0.39 is 10.0 Å². The van der Waals surface area contributed by atoms with Crippen LogP contribution in [0.25, 0.3) is 22.2 Å². The van der Waals surface area contributed by atoms with Gasteiger partial charge in [-0.3, -0.25) is 14.4 Å². The molecule has 0 bridgehead atoms. The molecule has 1 aliphatic heterocycles. The summed E-state index contributed by atoms with van der Waals surface area (Å²) in [7, 11) is -2.21. The number of fused-ring (bicyclic) bond motifs is 1. The topological polar surface area (TPSA) is 139 Å². The lowest BCUT2D eigenvalue weighted by Gasteiger charge is -2.29. The van der Waals surface area contributed by atoms with E-state index in [4.69, 9.17) is 19.3 Å². The normalized spacial score (nSPS) is 14.7. The summed E-state index contributed by atoms with van der Waals surface area (Å²) in [5.41, 5.74) is 1.94. The molecule has 1 saturated heterocycles. The summed E-state index contributed by atoms with van der Waals surface area (Å²) in [5, 5.41) is 14.4. The largest absolute Gasteiger partial charge is 0.493 e. The number of benzene rings is 1. The van der Waals surface area contributed by atoms with Crippen molar-refractivity contribution < 1.29 is 27.7 Å². The molecule has 3 aromatic rings. The molecular formula is C29H43N5O7S. The maximum absolute atomic E-state index is 14.1. The smallest absolute Gasteiger partial charge is 0.274 e. The molecule has 0 aliphatic carbocycles. The molecule has 0 unspecified atom stereocenters. The van der Waals surface area contributed by atoms with E-state index in [-0.39, 0.29) is 43.4 Å². The second kappa shape index (κ2) is 15.1. The van der Waals surface area contributed by atoms with Crippen LogP contribution in [-0.4, -0.2) is 110 Å². The lowest BCUT2D eigenvalue weighted by Crippen LogP contribution is -2.44. The highest BCUT2D eigenvalue weighted by Gasteiger charge is 2.27. The van der Waals surface area contributed by atoms with Gasteiger partial charge in [-0.15, -0.1) is 0 Å². The molecule has 1 aromatic carbocycles. The summed E-state index contributed by atoms with van der Waals surface area (Å²) in [6, 6.07) is 6.63. The maximum Gasteiger partial charge on any atom is 0.274 e. The summed E-state index contributed by atoms with van der Waals surface area (Å²) < 4.78 is 48.0. The molecule has 232 valence electrons. The van der Waals surface area contributed by atoms with Crippen LogP contribution in [0.2, 0.25) is 0 Å². The van der Waals surface area contributed by atoms with Gasteiger partial charge in [0.15, 0.2) is 0 Å². The number of H-pyrrole nitrogens is 1. The average Bonchev–Trinajstić information content (AvgIpc) is 3.31. The van der Waals surface area contributed by atoms with Crippen molar-refractivity contribution >= 4 is 20.9 Å². The third-order valence-corrected chi connectivity index (χ3v) is 9.12. The molecule has 2 aromatic heterocycles. The summed E-state index contributed by atoms with van der Waals surface area (Å²) in [6.07, 6.45) is 2.35. The van der Waals surface area contributed by atoms with Crippen molar-refractivity contribution in [2.24, 2.45) is 7.05 Å². The molecule has 1 fully saturated rings. The zero-order valence-electron chi connectivity index (χ0n) is 24.8. The van der Waals surface area contributed by atoms with E-state index in [1.807, 2.05) is 13.0 Å². The monoisotopic (exact) mass is 605 g/mol. The van der Waals surface area contributed by atoms with Gasteiger partial charge < -0.3 is 24.3 Å². The van der Waals surface area contributed by atoms with Crippen molar-refractivity contribution in [2.75, 3.05) is 72.4 Å². The molecule has 42 heavy (non-hydrogen) atoms. The van der Waals surface area contributed by atoms with Crippen molar-refractivity contribution in [3.8, 4) is 17.0 Å². The lowest BCUT2D eigenvalue weighted by atomic mass is 10.1. The standard InChI is InChI=1S/C29H43N5O7S/c1-4-6-25-24-21-26(30-29(36)28(24)32(3)31-25)23-20-22(7-8-27(23)41-15-5-2)42(37,38)34(13-18-40-19-14-35)10-9-33-11-16-39-17-12-33/h7-8,20-21,35H,4-6,9-19H2,1-3H3,(H,30,36). The Hall–Kier alpha value is -2.81. The van der Waals surface area contributed by atoms with Crippen LogP contribution in [0.15, 0.2) is 34.0 Å². The minimum absolute atomic E-state index is 0.0893. The molecule has 12 nitrogen and oxygen atoms in total. The van der Waals surface area contributed by atoms with Crippen molar-refractivity contribution in [3.05, 3.63) is 40.3 Å². The van der Waals surface area contributed by atoms with Crippen LogP contribution in [0.1, 0.15) is 32.4 Å². The Morgan fingerprint density at radius 2 is 1.88 bits per heavy atom. The molecule has 3 heterocycles. The second-order valence-electron chi connectivity index (χ2n) is 10.3. The Kier molecular flexibility index (Phi) is 11.5. The summed E-state index contributed by atoms with van der Waals surface area (Å²) in [4.78, 5) is 18.4. The van der Waals surface area contributed by atoms with E-state index in [1.54, 1.807) is 29.9 Å². The van der Waals surface area contributed by atoms with E-state index in [1.165, 1.54) is 4.31 Å². The highest BCUT2D eigenvalue weighted by molar-refractivity contribution is 7.89. The molecule has 4 rings (SSSR count). The molecule has 0 atom stereocenters. The summed E-state index contributed by atoms with van der Waals surface area (Å²) in [6.45, 7) is 8.32. The van der Waals surface area contributed by atoms with Gasteiger partial charge >= 0.3 is 0 Å². The van der Waals surface area contributed by atoms with Crippen LogP contribution in [0, 0.1) is 0 Å². The first-order valence-corrected chi connectivity index (χ1v) is 16.1. The molecule has 13 heteroatoms. The predicted octanol–water partition coefficient (Wildman–Crippen LogP) is 2.00. The number of aromatic amines is 1. The van der Waals surface area contributed by atoms with E-state index in [9.17, 15) is 13.2 Å². The van der Waals surface area contributed by atoms with Crippen LogP contribution in [-0.2, 0) is 33.0 Å². The van der Waals surface area contributed by atoms with Gasteiger partial charge in [-0.25, -0.2) is 8.42 Å². The van der Waals surface area contributed by atoms with Crippen molar-refractivity contribution in [3.63, 3.8) is 0 Å². The van der Waals surface area contributed by atoms with Crippen molar-refractivity contribution in [2.45, 2.75) is 38.0 Å². The Labute approximate surface area is 247 Å². The molecule has 0 saturated carbocycles. The van der Waals surface area contributed by atoms with Crippen molar-refractivity contribution in [1.82, 2.24) is 24.0 Å². The first-order valence-electron chi connectivity index (χ1n) is 14.6. The van der Waals surface area contributed by atoms with Gasteiger partial charge in [0.25, 0.3) is 5.56 Å². The quantitative estimate of drug-likeness (QED) is 0.235. The highest BCUT2D eigenvalue weighted by atomic mass is 32.2. The number of morpholine rings is 1. The number of aromatic nitrogens is 3. The van der Waals surface area contributed by atoms with E-state index in [2.05, 4.69) is 21.9 Å². The molecular weight excluding hydrogens is 562 g/mol. The number of pyridine rings is 1. The first kappa shape index (κ1) is 32.1. The Morgan fingerprint density at radius 1 is 1.10 bits per heavy atom. The van der Waals surface area contributed by atoms with Gasteiger partial charge in [-0.2, -0.15) is 9.40 Å². The number of hydrogen-bond donors (Lipinski definition) is 2. The number of ether oxygens (including phenoxy) is 3. The minimum Gasteiger partial charge on any atom is -0.493 e. The average molecular weight is 606 g/mol. The van der Waals surface area contributed by atoms with Crippen LogP contribution < -0.4 is 10.3 Å². The molecule has 0 spiro atoms. The SMILES string of the molecule is CCCOc1ccc(S(=O)(=O)N(CCOCCO)CCN2CCOCC2)cc1-c1cc2c(CCC)nn(C)c2c(=O)[nH]1. The Bertz CT molecular complexity index is 1480. The zero-order valence-corrected chi connectivity index (χ0v) is 25.6. The van der Waals surface area contributed by atoms with Crippen LogP contribution in [0.4, 0.5) is 0 Å². The number of rotatable bonds is 16. The van der Waals surface area contributed by atoms with Gasteiger partial charge in [-0.05, 0) is 37.1 Å². The predicted molar refractivity (Wildman–Crippen MR) is 160 cm³/mol. The number of nitrogens with one attached hydrogen (secondary N) is 1. The van der Waals surface area contributed by atoms with Crippen LogP contribution in [0.5, 0.6) is 5.75 Å². The number of aliphatic hydroxyl groups excluding tert-OH is 1. The molecule has 0 amide bonds. The molecule has 2 N–H and O–H groups in total. The molecule has 1 aliphatic rings. The Morgan fingerprint density at radius 3 is 2.60 bits per heavy atom. The number of nitrogens with zero attached hydrogens (tertiary/aromatic N) is 4. The van der Waals surface area contributed by atoms with Gasteiger partial charge in [0.05, 0.1) is 55.9 Å². The summed E-state index contributed by atoms with van der Waals surface area (Å²) >= 11 is 0. The zero-order chi connectivity index (χ0) is 30.1. The first-order chi connectivity index (χ1) is 20.3. The van der Waals surface area contributed by atoms with E-state index in [0.717, 1.165) is 37.0 Å². The van der Waals surface area contributed by atoms with Crippen molar-refractivity contribution in [1.29, 1.82) is 0 Å². The number of aryl methyl sites for hydroxylation is 2. The maximum atomic E-state index is 14.1. The Balaban J connectivity index is 1.74. The van der Waals surface area contributed by atoms with E-state index in [0.29, 0.717) is 55.3 Å². The third-order valence-electron chi connectivity index (χ3n) is 7.23. The fraction of sp³-hybridized carbons (Fsp3) is 0.586. The number of aliphatic hydroxyl groups is 1. The van der Waals surface area contributed by atoms with Crippen LogP contribution in [0.3, 0.4) is 0 Å². The summed E-state index contributed by atoms with van der Waals surface area (Å²) in [5.74, 6) is 0.484. The van der Waals surface area contributed by atoms with Gasteiger partial charge in [-0.1, -0.05) is 20.3 Å². The fourth-order valence-electron chi connectivity index (χ4n) is 5.08. The van der Waals surface area contributed by atoms with Gasteiger partial charge in [0.2, 0.25) is 10.0 Å². The van der Waals surface area contributed by atoms with Gasteiger partial charge in [0.1, 0.15) is 11.3 Å². The lowest BCUT2D eigenvalue weighted by molar-refractivity contribution is 0.0348. The molecule has 0 radical (unpaired) electrons. The fourth-order valence-corrected chi connectivity index (χ4v) is 6.52.